The van der Waals surface area contributed by atoms with Crippen LogP contribution in [-0.2, 0) is 0 Å². The van der Waals surface area contributed by atoms with Gasteiger partial charge in [-0.05, 0) is 29.9 Å². The van der Waals surface area contributed by atoms with E-state index in [9.17, 15) is 0 Å². The smallest absolute Gasteiger partial charge is 0.0124 e. The van der Waals surface area contributed by atoms with Gasteiger partial charge in [-0.3, -0.25) is 0 Å². The zero-order valence-electron chi connectivity index (χ0n) is 7.72. The summed E-state index contributed by atoms with van der Waals surface area (Å²) in [6, 6.07) is 0. The molecule has 0 saturated carbocycles. The first-order valence-electron chi connectivity index (χ1n) is 4.48. The summed E-state index contributed by atoms with van der Waals surface area (Å²) in [5.74, 6) is 0.653. The minimum absolute atomic E-state index is 0.653. The quantitative estimate of drug-likeness (QED) is 0.578. The standard InChI is InChI=1S/C12H16/c1-4-7-12-10(3)8-6-9-11(12)5-2/h4,6-8,11H,1,3,5,9H2,2H3/b12-7+. The number of hydrogen-bond donors (Lipinski definition) is 0. The summed E-state index contributed by atoms with van der Waals surface area (Å²) in [4.78, 5) is 0. The summed E-state index contributed by atoms with van der Waals surface area (Å²) in [7, 11) is 0. The van der Waals surface area contributed by atoms with Crippen molar-refractivity contribution in [1.29, 1.82) is 0 Å². The lowest BCUT2D eigenvalue weighted by Crippen LogP contribution is -2.06. The van der Waals surface area contributed by atoms with Gasteiger partial charge in [-0.15, -0.1) is 0 Å². The zero-order chi connectivity index (χ0) is 8.97. The van der Waals surface area contributed by atoms with Crippen LogP contribution in [-0.4, -0.2) is 0 Å². The summed E-state index contributed by atoms with van der Waals surface area (Å²) >= 11 is 0. The van der Waals surface area contributed by atoms with Crippen molar-refractivity contribution in [2.75, 3.05) is 0 Å². The normalized spacial score (nSPS) is 26.2. The van der Waals surface area contributed by atoms with E-state index in [1.807, 2.05) is 6.08 Å². The fourth-order valence-corrected chi connectivity index (χ4v) is 1.62. The largest absolute Gasteiger partial charge is 0.0991 e. The predicted molar refractivity (Wildman–Crippen MR) is 55.0 cm³/mol. The molecule has 0 aromatic heterocycles. The lowest BCUT2D eigenvalue weighted by atomic mass is 9.84. The molecule has 0 heteroatoms. The van der Waals surface area contributed by atoms with E-state index < -0.39 is 0 Å². The minimum atomic E-state index is 0.653. The molecule has 0 fully saturated rings. The molecular formula is C12H16. The highest BCUT2D eigenvalue weighted by atomic mass is 14.2. The van der Waals surface area contributed by atoms with Gasteiger partial charge in [-0.2, -0.15) is 0 Å². The Morgan fingerprint density at radius 1 is 1.67 bits per heavy atom. The summed E-state index contributed by atoms with van der Waals surface area (Å²) in [5, 5.41) is 0. The lowest BCUT2D eigenvalue weighted by Gasteiger charge is -2.21. The molecular weight excluding hydrogens is 144 g/mol. The Labute approximate surface area is 75.0 Å². The molecule has 1 aliphatic rings. The number of hydrogen-bond acceptors (Lipinski definition) is 0. The molecule has 0 amide bonds. The molecule has 0 spiro atoms. The molecule has 64 valence electrons. The van der Waals surface area contributed by atoms with E-state index in [4.69, 9.17) is 0 Å². The van der Waals surface area contributed by atoms with Crippen molar-refractivity contribution >= 4 is 0 Å². The van der Waals surface area contributed by atoms with E-state index in [0.717, 1.165) is 12.0 Å². The molecule has 0 aliphatic heterocycles. The van der Waals surface area contributed by atoms with Crippen LogP contribution < -0.4 is 0 Å². The first-order valence-corrected chi connectivity index (χ1v) is 4.48. The van der Waals surface area contributed by atoms with Crippen molar-refractivity contribution in [3.8, 4) is 0 Å². The third kappa shape index (κ3) is 1.76. The Balaban J connectivity index is 2.91. The second-order valence-corrected chi connectivity index (χ2v) is 3.13. The SMILES string of the molecule is C=C/C=C1\C(=C)C=CCC1CC. The molecule has 1 aliphatic carbocycles. The summed E-state index contributed by atoms with van der Waals surface area (Å²) in [6.07, 6.45) is 10.6. The van der Waals surface area contributed by atoms with Crippen LogP contribution in [0.5, 0.6) is 0 Å². The van der Waals surface area contributed by atoms with E-state index in [0.29, 0.717) is 5.92 Å². The van der Waals surface area contributed by atoms with Crippen LogP contribution in [0.4, 0.5) is 0 Å². The second-order valence-electron chi connectivity index (χ2n) is 3.13. The van der Waals surface area contributed by atoms with E-state index in [1.54, 1.807) is 0 Å². The monoisotopic (exact) mass is 160 g/mol. The molecule has 0 saturated heterocycles. The van der Waals surface area contributed by atoms with Gasteiger partial charge in [0.2, 0.25) is 0 Å². The van der Waals surface area contributed by atoms with E-state index >= 15 is 0 Å². The van der Waals surface area contributed by atoms with Gasteiger partial charge in [-0.25, -0.2) is 0 Å². The maximum absolute atomic E-state index is 4.01. The van der Waals surface area contributed by atoms with Crippen molar-refractivity contribution in [3.05, 3.63) is 48.6 Å². The average Bonchev–Trinajstić information content (AvgIpc) is 2.09. The molecule has 0 nitrogen and oxygen atoms in total. The van der Waals surface area contributed by atoms with Crippen molar-refractivity contribution in [1.82, 2.24) is 0 Å². The van der Waals surface area contributed by atoms with Gasteiger partial charge in [0.25, 0.3) is 0 Å². The predicted octanol–water partition coefficient (Wildman–Crippen LogP) is 3.64. The van der Waals surface area contributed by atoms with Gasteiger partial charge in [0, 0.05) is 0 Å². The van der Waals surface area contributed by atoms with Crippen molar-refractivity contribution in [2.24, 2.45) is 5.92 Å². The molecule has 12 heavy (non-hydrogen) atoms. The second kappa shape index (κ2) is 4.10. The molecule has 0 aromatic carbocycles. The van der Waals surface area contributed by atoms with Crippen molar-refractivity contribution in [3.63, 3.8) is 0 Å². The molecule has 1 unspecified atom stereocenters. The Hall–Kier alpha value is -1.04. The van der Waals surface area contributed by atoms with E-state index in [-0.39, 0.29) is 0 Å². The minimum Gasteiger partial charge on any atom is -0.0991 e. The maximum atomic E-state index is 4.01. The Morgan fingerprint density at radius 3 is 3.00 bits per heavy atom. The average molecular weight is 160 g/mol. The summed E-state index contributed by atoms with van der Waals surface area (Å²) in [6.45, 7) is 9.94. The molecule has 0 heterocycles. The van der Waals surface area contributed by atoms with Gasteiger partial charge >= 0.3 is 0 Å². The van der Waals surface area contributed by atoms with Gasteiger partial charge in [0.05, 0.1) is 0 Å². The first kappa shape index (κ1) is 9.05. The third-order valence-corrected chi connectivity index (χ3v) is 2.34. The van der Waals surface area contributed by atoms with Crippen molar-refractivity contribution in [2.45, 2.75) is 19.8 Å². The topological polar surface area (TPSA) is 0 Å². The Kier molecular flexibility index (Phi) is 3.09. The summed E-state index contributed by atoms with van der Waals surface area (Å²) < 4.78 is 0. The van der Waals surface area contributed by atoms with Crippen LogP contribution in [0, 0.1) is 5.92 Å². The zero-order valence-corrected chi connectivity index (χ0v) is 7.72. The number of rotatable bonds is 2. The highest BCUT2D eigenvalue weighted by Crippen LogP contribution is 2.30. The Morgan fingerprint density at radius 2 is 2.42 bits per heavy atom. The molecule has 0 radical (unpaired) electrons. The third-order valence-electron chi connectivity index (χ3n) is 2.34. The van der Waals surface area contributed by atoms with Gasteiger partial charge in [0.1, 0.15) is 0 Å². The van der Waals surface area contributed by atoms with Crippen LogP contribution in [0.3, 0.4) is 0 Å². The van der Waals surface area contributed by atoms with Crippen LogP contribution in [0.1, 0.15) is 19.8 Å². The van der Waals surface area contributed by atoms with Gasteiger partial charge in [-0.1, -0.05) is 44.4 Å². The fraction of sp³-hybridized carbons (Fsp3) is 0.333. The molecule has 1 rings (SSSR count). The summed E-state index contributed by atoms with van der Waals surface area (Å²) in [5.41, 5.74) is 2.50. The van der Waals surface area contributed by atoms with Crippen molar-refractivity contribution < 1.29 is 0 Å². The van der Waals surface area contributed by atoms with Crippen LogP contribution in [0.25, 0.3) is 0 Å². The highest BCUT2D eigenvalue weighted by Gasteiger charge is 2.14. The molecule has 0 N–H and O–H groups in total. The molecule has 0 aromatic rings. The fourth-order valence-electron chi connectivity index (χ4n) is 1.62. The lowest BCUT2D eigenvalue weighted by molar-refractivity contribution is 0.600. The maximum Gasteiger partial charge on any atom is -0.0124 e. The first-order chi connectivity index (χ1) is 5.79. The van der Waals surface area contributed by atoms with Crippen LogP contribution in [0.2, 0.25) is 0 Å². The molecule has 0 bridgehead atoms. The highest BCUT2D eigenvalue weighted by molar-refractivity contribution is 5.43. The van der Waals surface area contributed by atoms with Crippen LogP contribution in [0.15, 0.2) is 48.6 Å². The van der Waals surface area contributed by atoms with E-state index in [1.165, 1.54) is 12.0 Å². The Bertz CT molecular complexity index is 241. The molecule has 1 atom stereocenters. The van der Waals surface area contributed by atoms with Gasteiger partial charge in [0.15, 0.2) is 0 Å². The number of allylic oxidation sites excluding steroid dienone is 6. The van der Waals surface area contributed by atoms with Crippen LogP contribution >= 0.6 is 0 Å². The van der Waals surface area contributed by atoms with Gasteiger partial charge < -0.3 is 0 Å². The van der Waals surface area contributed by atoms with E-state index in [2.05, 4.69) is 38.3 Å².